The molecule has 1 aliphatic rings. The van der Waals surface area contributed by atoms with Crippen LogP contribution in [0.3, 0.4) is 0 Å². The van der Waals surface area contributed by atoms with Crippen LogP contribution in [0.5, 0.6) is 0 Å². The van der Waals surface area contributed by atoms with Gasteiger partial charge in [-0.2, -0.15) is 0 Å². The lowest BCUT2D eigenvalue weighted by Gasteiger charge is -2.30. The van der Waals surface area contributed by atoms with Crippen LogP contribution in [-0.4, -0.2) is 39.7 Å². The van der Waals surface area contributed by atoms with E-state index in [4.69, 9.17) is 0 Å². The van der Waals surface area contributed by atoms with Crippen LogP contribution >= 0.6 is 12.4 Å². The third kappa shape index (κ3) is 5.67. The molecule has 0 saturated carbocycles. The minimum Gasteiger partial charge on any atom is -0.348 e. The van der Waals surface area contributed by atoms with Crippen LogP contribution in [0.25, 0.3) is 0 Å². The van der Waals surface area contributed by atoms with Crippen LogP contribution in [0.15, 0.2) is 18.2 Å². The Hall–Kier alpha value is -1.31. The fraction of sp³-hybridized carbons (Fsp3) is 0.533. The van der Waals surface area contributed by atoms with Gasteiger partial charge in [-0.1, -0.05) is 13.0 Å². The van der Waals surface area contributed by atoms with E-state index in [1.54, 1.807) is 25.1 Å². The summed E-state index contributed by atoms with van der Waals surface area (Å²) in [6.07, 6.45) is 2.12. The van der Waals surface area contributed by atoms with Crippen molar-refractivity contribution in [2.24, 2.45) is 5.92 Å². The van der Waals surface area contributed by atoms with E-state index in [1.165, 1.54) is 0 Å². The SMILES string of the molecule is Cc1ccc(C(=O)NC2CNCCC2C)cc1NS(C)(=O)=O.Cl. The number of rotatable bonds is 4. The number of carbonyl (C=O) groups is 1. The van der Waals surface area contributed by atoms with Gasteiger partial charge < -0.3 is 10.6 Å². The van der Waals surface area contributed by atoms with E-state index in [-0.39, 0.29) is 24.4 Å². The third-order valence-corrected chi connectivity index (χ3v) is 4.53. The Bertz CT molecular complexity index is 664. The van der Waals surface area contributed by atoms with Crippen molar-refractivity contribution in [2.75, 3.05) is 24.1 Å². The number of benzene rings is 1. The highest BCUT2D eigenvalue weighted by Gasteiger charge is 2.23. The van der Waals surface area contributed by atoms with E-state index in [9.17, 15) is 13.2 Å². The summed E-state index contributed by atoms with van der Waals surface area (Å²) in [6, 6.07) is 5.12. The van der Waals surface area contributed by atoms with Gasteiger partial charge in [0.15, 0.2) is 0 Å². The zero-order chi connectivity index (χ0) is 16.3. The number of piperidine rings is 1. The second-order valence-corrected chi connectivity index (χ2v) is 7.70. The van der Waals surface area contributed by atoms with Crippen molar-refractivity contribution in [1.82, 2.24) is 10.6 Å². The summed E-state index contributed by atoms with van der Waals surface area (Å²) in [5.41, 5.74) is 1.66. The predicted molar refractivity (Wildman–Crippen MR) is 94.8 cm³/mol. The highest BCUT2D eigenvalue weighted by atomic mass is 35.5. The second kappa shape index (κ2) is 7.99. The lowest BCUT2D eigenvalue weighted by Crippen LogP contribution is -2.50. The monoisotopic (exact) mass is 361 g/mol. The van der Waals surface area contributed by atoms with Gasteiger partial charge in [0.1, 0.15) is 0 Å². The van der Waals surface area contributed by atoms with Gasteiger partial charge in [-0.25, -0.2) is 8.42 Å². The second-order valence-electron chi connectivity index (χ2n) is 5.95. The molecule has 0 bridgehead atoms. The number of carbonyl (C=O) groups excluding carboxylic acids is 1. The molecule has 6 nitrogen and oxygen atoms in total. The summed E-state index contributed by atoms with van der Waals surface area (Å²) in [4.78, 5) is 12.4. The Morgan fingerprint density at radius 3 is 2.65 bits per heavy atom. The standard InChI is InChI=1S/C15H23N3O3S.ClH/c1-10-4-5-12(8-13(10)18-22(3,20)21)15(19)17-14-9-16-7-6-11(14)2;/h4-5,8,11,14,16,18H,6-7,9H2,1-3H3,(H,17,19);1H. The Morgan fingerprint density at radius 2 is 2.04 bits per heavy atom. The minimum atomic E-state index is -3.37. The van der Waals surface area contributed by atoms with Gasteiger partial charge >= 0.3 is 0 Å². The number of aryl methyl sites for hydroxylation is 1. The number of hydrogen-bond acceptors (Lipinski definition) is 4. The highest BCUT2D eigenvalue weighted by molar-refractivity contribution is 7.92. The molecule has 3 N–H and O–H groups in total. The van der Waals surface area contributed by atoms with E-state index < -0.39 is 10.0 Å². The van der Waals surface area contributed by atoms with Gasteiger partial charge in [0.25, 0.3) is 5.91 Å². The van der Waals surface area contributed by atoms with Gasteiger partial charge in [-0.3, -0.25) is 9.52 Å². The van der Waals surface area contributed by atoms with E-state index in [1.807, 2.05) is 0 Å². The highest BCUT2D eigenvalue weighted by Crippen LogP contribution is 2.19. The van der Waals surface area contributed by atoms with Crippen molar-refractivity contribution < 1.29 is 13.2 Å². The molecule has 1 aliphatic heterocycles. The molecule has 1 fully saturated rings. The van der Waals surface area contributed by atoms with E-state index in [0.29, 0.717) is 17.2 Å². The van der Waals surface area contributed by atoms with Crippen molar-refractivity contribution >= 4 is 34.0 Å². The summed E-state index contributed by atoms with van der Waals surface area (Å²) in [7, 11) is -3.37. The molecular formula is C15H24ClN3O3S. The number of anilines is 1. The van der Waals surface area contributed by atoms with Crippen molar-refractivity contribution in [3.63, 3.8) is 0 Å². The van der Waals surface area contributed by atoms with Gasteiger partial charge in [0.05, 0.1) is 11.9 Å². The van der Waals surface area contributed by atoms with Crippen molar-refractivity contribution in [2.45, 2.75) is 26.3 Å². The first-order valence-corrected chi connectivity index (χ1v) is 9.25. The van der Waals surface area contributed by atoms with Crippen LogP contribution in [0.1, 0.15) is 29.3 Å². The Balaban J connectivity index is 0.00000264. The van der Waals surface area contributed by atoms with Crippen LogP contribution < -0.4 is 15.4 Å². The maximum absolute atomic E-state index is 12.4. The normalized spacial score (nSPS) is 21.2. The van der Waals surface area contributed by atoms with E-state index in [2.05, 4.69) is 22.3 Å². The molecule has 0 aromatic heterocycles. The van der Waals surface area contributed by atoms with Gasteiger partial charge in [-0.15, -0.1) is 12.4 Å². The molecule has 1 heterocycles. The molecule has 1 amide bonds. The molecule has 2 atom stereocenters. The predicted octanol–water partition coefficient (Wildman–Crippen LogP) is 1.52. The van der Waals surface area contributed by atoms with Crippen LogP contribution in [-0.2, 0) is 10.0 Å². The summed E-state index contributed by atoms with van der Waals surface area (Å²) in [5, 5.41) is 6.28. The van der Waals surface area contributed by atoms with Crippen molar-refractivity contribution in [3.8, 4) is 0 Å². The molecule has 2 unspecified atom stereocenters. The molecule has 1 aromatic rings. The molecule has 0 spiro atoms. The third-order valence-electron chi connectivity index (χ3n) is 3.94. The fourth-order valence-electron chi connectivity index (χ4n) is 2.51. The maximum atomic E-state index is 12.4. The molecule has 0 aliphatic carbocycles. The first-order chi connectivity index (χ1) is 10.3. The van der Waals surface area contributed by atoms with Gasteiger partial charge in [-0.05, 0) is 43.5 Å². The van der Waals surface area contributed by atoms with E-state index in [0.717, 1.165) is 31.3 Å². The molecule has 2 rings (SSSR count). The van der Waals surface area contributed by atoms with Crippen molar-refractivity contribution in [3.05, 3.63) is 29.3 Å². The van der Waals surface area contributed by atoms with Gasteiger partial charge in [0.2, 0.25) is 10.0 Å². The zero-order valence-electron chi connectivity index (χ0n) is 13.5. The smallest absolute Gasteiger partial charge is 0.251 e. The molecule has 8 heteroatoms. The number of amides is 1. The zero-order valence-corrected chi connectivity index (χ0v) is 15.2. The first-order valence-electron chi connectivity index (χ1n) is 7.36. The largest absolute Gasteiger partial charge is 0.348 e. The number of nitrogens with one attached hydrogen (secondary N) is 3. The quantitative estimate of drug-likeness (QED) is 0.758. The van der Waals surface area contributed by atoms with Crippen molar-refractivity contribution in [1.29, 1.82) is 0 Å². The lowest BCUT2D eigenvalue weighted by molar-refractivity contribution is 0.0915. The fourth-order valence-corrected chi connectivity index (χ4v) is 3.13. The van der Waals surface area contributed by atoms with Crippen LogP contribution in [0.4, 0.5) is 5.69 Å². The van der Waals surface area contributed by atoms with E-state index >= 15 is 0 Å². The number of hydrogen-bond donors (Lipinski definition) is 3. The average Bonchev–Trinajstić information content (AvgIpc) is 2.42. The maximum Gasteiger partial charge on any atom is 0.251 e. The molecule has 0 radical (unpaired) electrons. The molecular weight excluding hydrogens is 338 g/mol. The summed E-state index contributed by atoms with van der Waals surface area (Å²) in [5.74, 6) is 0.237. The summed E-state index contributed by atoms with van der Waals surface area (Å²) >= 11 is 0. The number of halogens is 1. The average molecular weight is 362 g/mol. The van der Waals surface area contributed by atoms with Crippen LogP contribution in [0.2, 0.25) is 0 Å². The number of sulfonamides is 1. The first kappa shape index (κ1) is 19.7. The Labute approximate surface area is 143 Å². The summed E-state index contributed by atoms with van der Waals surface area (Å²) in [6.45, 7) is 5.65. The lowest BCUT2D eigenvalue weighted by atomic mass is 9.94. The molecule has 1 saturated heterocycles. The van der Waals surface area contributed by atoms with Crippen LogP contribution in [0, 0.1) is 12.8 Å². The Kier molecular flexibility index (Phi) is 6.85. The Morgan fingerprint density at radius 1 is 1.35 bits per heavy atom. The summed E-state index contributed by atoms with van der Waals surface area (Å²) < 4.78 is 25.2. The minimum absolute atomic E-state index is 0. The topological polar surface area (TPSA) is 87.3 Å². The molecule has 1 aromatic carbocycles. The molecule has 130 valence electrons. The van der Waals surface area contributed by atoms with Gasteiger partial charge in [0, 0.05) is 18.2 Å². The molecule has 23 heavy (non-hydrogen) atoms.